The van der Waals surface area contributed by atoms with Crippen LogP contribution < -0.4 is 4.72 Å². The molecule has 0 saturated heterocycles. The van der Waals surface area contributed by atoms with Gasteiger partial charge in [0.15, 0.2) is 0 Å². The van der Waals surface area contributed by atoms with Gasteiger partial charge in [0.25, 0.3) is 5.91 Å². The molecule has 0 bridgehead atoms. The number of hydrogen-bond acceptors (Lipinski definition) is 3. The Morgan fingerprint density at radius 3 is 2.48 bits per heavy atom. The van der Waals surface area contributed by atoms with E-state index in [0.717, 1.165) is 18.5 Å². The third-order valence-electron chi connectivity index (χ3n) is 4.38. The van der Waals surface area contributed by atoms with E-state index < -0.39 is 10.0 Å². The first-order valence-corrected chi connectivity index (χ1v) is 9.62. The number of hydrogen-bond donors (Lipinski definition) is 1. The van der Waals surface area contributed by atoms with Crippen LogP contribution in [0.1, 0.15) is 47.7 Å². The Morgan fingerprint density at radius 2 is 1.96 bits per heavy atom. The lowest BCUT2D eigenvalue weighted by Crippen LogP contribution is -2.34. The zero-order chi connectivity index (χ0) is 17.2. The lowest BCUT2D eigenvalue weighted by atomic mass is 10.0. The predicted octanol–water partition coefficient (Wildman–Crippen LogP) is 2.47. The molecule has 0 heterocycles. The van der Waals surface area contributed by atoms with Gasteiger partial charge in [0.1, 0.15) is 0 Å². The van der Waals surface area contributed by atoms with E-state index in [1.165, 1.54) is 26.0 Å². The van der Waals surface area contributed by atoms with E-state index in [1.807, 2.05) is 18.7 Å². The molecule has 0 radical (unpaired) electrons. The average Bonchev–Trinajstić information content (AvgIpc) is 3.32. The van der Waals surface area contributed by atoms with Crippen LogP contribution in [0.15, 0.2) is 17.0 Å². The smallest absolute Gasteiger partial charge is 0.253 e. The van der Waals surface area contributed by atoms with Crippen LogP contribution in [-0.4, -0.2) is 39.4 Å². The molecular formula is C17H26N2O3S. The summed E-state index contributed by atoms with van der Waals surface area (Å²) < 4.78 is 26.7. The summed E-state index contributed by atoms with van der Waals surface area (Å²) in [7, 11) is -2.19. The van der Waals surface area contributed by atoms with Gasteiger partial charge in [-0.1, -0.05) is 6.92 Å². The monoisotopic (exact) mass is 338 g/mol. The van der Waals surface area contributed by atoms with Gasteiger partial charge in [-0.25, -0.2) is 13.1 Å². The van der Waals surface area contributed by atoms with Crippen molar-refractivity contribution in [2.45, 2.75) is 44.9 Å². The highest BCUT2D eigenvalue weighted by molar-refractivity contribution is 7.89. The SMILES string of the molecule is CCCN(CC1CC1)C(=O)c1cc(C)c(C)c(S(=O)(=O)NC)c1. The summed E-state index contributed by atoms with van der Waals surface area (Å²) in [6, 6.07) is 3.30. The van der Waals surface area contributed by atoms with Crippen LogP contribution in [0.5, 0.6) is 0 Å². The molecule has 0 unspecified atom stereocenters. The number of benzene rings is 1. The minimum Gasteiger partial charge on any atom is -0.338 e. The molecule has 23 heavy (non-hydrogen) atoms. The fourth-order valence-electron chi connectivity index (χ4n) is 2.68. The highest BCUT2D eigenvalue weighted by Crippen LogP contribution is 2.30. The molecule has 1 amide bonds. The van der Waals surface area contributed by atoms with Gasteiger partial charge in [-0.2, -0.15) is 0 Å². The number of aryl methyl sites for hydroxylation is 1. The van der Waals surface area contributed by atoms with E-state index in [1.54, 1.807) is 13.0 Å². The molecule has 1 fully saturated rings. The van der Waals surface area contributed by atoms with Crippen molar-refractivity contribution in [3.63, 3.8) is 0 Å². The summed E-state index contributed by atoms with van der Waals surface area (Å²) in [5.41, 5.74) is 1.95. The van der Waals surface area contributed by atoms with Gasteiger partial charge in [-0.05, 0) is 69.3 Å². The fraction of sp³-hybridized carbons (Fsp3) is 0.588. The van der Waals surface area contributed by atoms with Gasteiger partial charge in [0.2, 0.25) is 10.0 Å². The van der Waals surface area contributed by atoms with E-state index in [-0.39, 0.29) is 10.8 Å². The number of rotatable bonds is 7. The minimum absolute atomic E-state index is 0.0746. The van der Waals surface area contributed by atoms with Crippen molar-refractivity contribution >= 4 is 15.9 Å². The highest BCUT2D eigenvalue weighted by atomic mass is 32.2. The molecule has 5 nitrogen and oxygen atoms in total. The van der Waals surface area contributed by atoms with Gasteiger partial charge >= 0.3 is 0 Å². The quantitative estimate of drug-likeness (QED) is 0.830. The van der Waals surface area contributed by atoms with Crippen molar-refractivity contribution in [2.24, 2.45) is 5.92 Å². The van der Waals surface area contributed by atoms with Gasteiger partial charge in [0.05, 0.1) is 4.90 Å². The summed E-state index contributed by atoms with van der Waals surface area (Å²) in [5.74, 6) is 0.534. The third-order valence-corrected chi connectivity index (χ3v) is 5.92. The summed E-state index contributed by atoms with van der Waals surface area (Å²) in [4.78, 5) is 14.9. The molecule has 2 rings (SSSR count). The summed E-state index contributed by atoms with van der Waals surface area (Å²) in [6.45, 7) is 7.13. The van der Waals surface area contributed by atoms with E-state index in [9.17, 15) is 13.2 Å². The lowest BCUT2D eigenvalue weighted by Gasteiger charge is -2.23. The Bertz CT molecular complexity index is 694. The minimum atomic E-state index is -3.58. The number of sulfonamides is 1. The Labute approximate surface area is 139 Å². The number of nitrogens with zero attached hydrogens (tertiary/aromatic N) is 1. The van der Waals surface area contributed by atoms with E-state index in [2.05, 4.69) is 4.72 Å². The van der Waals surface area contributed by atoms with E-state index >= 15 is 0 Å². The molecule has 1 saturated carbocycles. The molecular weight excluding hydrogens is 312 g/mol. The van der Waals surface area contributed by atoms with Crippen LogP contribution in [0.2, 0.25) is 0 Å². The van der Waals surface area contributed by atoms with Gasteiger partial charge < -0.3 is 4.90 Å². The first kappa shape index (κ1) is 17.9. The van der Waals surface area contributed by atoms with Crippen LogP contribution in [0.4, 0.5) is 0 Å². The van der Waals surface area contributed by atoms with Crippen LogP contribution in [0.3, 0.4) is 0 Å². The largest absolute Gasteiger partial charge is 0.338 e. The van der Waals surface area contributed by atoms with E-state index in [4.69, 9.17) is 0 Å². The Balaban J connectivity index is 2.39. The second kappa shape index (κ2) is 7.01. The topological polar surface area (TPSA) is 66.5 Å². The zero-order valence-electron chi connectivity index (χ0n) is 14.3. The first-order valence-electron chi connectivity index (χ1n) is 8.14. The maximum absolute atomic E-state index is 12.8. The molecule has 6 heteroatoms. The molecule has 0 spiro atoms. The number of amides is 1. The van der Waals surface area contributed by atoms with Gasteiger partial charge in [-0.3, -0.25) is 4.79 Å². The number of carbonyl (C=O) groups is 1. The summed E-state index contributed by atoms with van der Waals surface area (Å²) >= 11 is 0. The standard InChI is InChI=1S/C17H26N2O3S/c1-5-8-19(11-14-6-7-14)17(20)15-9-12(2)13(3)16(10-15)23(21,22)18-4/h9-10,14,18H,5-8,11H2,1-4H3. The van der Waals surface area contributed by atoms with Crippen LogP contribution in [0.25, 0.3) is 0 Å². The maximum atomic E-state index is 12.8. The third kappa shape index (κ3) is 4.12. The van der Waals surface area contributed by atoms with Crippen molar-refractivity contribution < 1.29 is 13.2 Å². The normalized spacial score (nSPS) is 14.8. The number of nitrogens with one attached hydrogen (secondary N) is 1. The van der Waals surface area contributed by atoms with Crippen molar-refractivity contribution in [1.82, 2.24) is 9.62 Å². The average molecular weight is 338 g/mol. The van der Waals surface area contributed by atoms with Crippen molar-refractivity contribution in [3.8, 4) is 0 Å². The van der Waals surface area contributed by atoms with Gasteiger partial charge in [-0.15, -0.1) is 0 Å². The number of carbonyl (C=O) groups excluding carboxylic acids is 1. The van der Waals surface area contributed by atoms with Crippen molar-refractivity contribution in [3.05, 3.63) is 28.8 Å². The molecule has 128 valence electrons. The van der Waals surface area contributed by atoms with Crippen LogP contribution >= 0.6 is 0 Å². The van der Waals surface area contributed by atoms with Gasteiger partial charge in [0, 0.05) is 18.7 Å². The molecule has 1 aliphatic carbocycles. The summed E-state index contributed by atoms with van der Waals surface area (Å²) in [5, 5.41) is 0. The molecule has 1 aromatic rings. The second-order valence-electron chi connectivity index (χ2n) is 6.32. The lowest BCUT2D eigenvalue weighted by molar-refractivity contribution is 0.0747. The molecule has 1 N–H and O–H groups in total. The van der Waals surface area contributed by atoms with E-state index in [0.29, 0.717) is 23.6 Å². The molecule has 1 aliphatic rings. The summed E-state index contributed by atoms with van der Waals surface area (Å²) in [6.07, 6.45) is 3.25. The molecule has 0 atom stereocenters. The second-order valence-corrected chi connectivity index (χ2v) is 8.17. The molecule has 1 aromatic carbocycles. The van der Waals surface area contributed by atoms with Crippen molar-refractivity contribution in [1.29, 1.82) is 0 Å². The molecule has 0 aliphatic heterocycles. The van der Waals surface area contributed by atoms with Crippen LogP contribution in [0, 0.1) is 19.8 Å². The fourth-order valence-corrected chi connectivity index (χ4v) is 3.75. The maximum Gasteiger partial charge on any atom is 0.253 e. The highest BCUT2D eigenvalue weighted by Gasteiger charge is 2.28. The Hall–Kier alpha value is -1.40. The Morgan fingerprint density at radius 1 is 1.30 bits per heavy atom. The Kier molecular flexibility index (Phi) is 5.47. The molecule has 0 aromatic heterocycles. The van der Waals surface area contributed by atoms with Crippen LogP contribution in [-0.2, 0) is 10.0 Å². The predicted molar refractivity (Wildman–Crippen MR) is 91.1 cm³/mol. The first-order chi connectivity index (χ1) is 10.8. The van der Waals surface area contributed by atoms with Crippen molar-refractivity contribution in [2.75, 3.05) is 20.1 Å². The zero-order valence-corrected chi connectivity index (χ0v) is 15.2.